The van der Waals surface area contributed by atoms with Crippen molar-refractivity contribution in [1.82, 2.24) is 15.1 Å². The Kier molecular flexibility index (Phi) is 5.63. The van der Waals surface area contributed by atoms with Crippen LogP contribution in [0.3, 0.4) is 0 Å². The number of rotatable bonds is 7. The minimum Gasteiger partial charge on any atom is -0.468 e. The van der Waals surface area contributed by atoms with Gasteiger partial charge in [-0.15, -0.1) is 0 Å². The number of likely N-dealkylation sites (tertiary alicyclic amines) is 1. The predicted octanol–water partition coefficient (Wildman–Crippen LogP) is 1.09. The van der Waals surface area contributed by atoms with Crippen LogP contribution in [0.4, 0.5) is 0 Å². The lowest BCUT2D eigenvalue weighted by molar-refractivity contribution is -0.149. The third-order valence-electron chi connectivity index (χ3n) is 4.93. The molecule has 2 rings (SSSR count). The van der Waals surface area contributed by atoms with Gasteiger partial charge in [0, 0.05) is 18.6 Å². The Morgan fingerprint density at radius 1 is 1.33 bits per heavy atom. The zero-order chi connectivity index (χ0) is 15.5. The summed E-state index contributed by atoms with van der Waals surface area (Å²) in [4.78, 5) is 17.0. The van der Waals surface area contributed by atoms with Crippen LogP contribution in [-0.2, 0) is 9.53 Å². The smallest absolute Gasteiger partial charge is 0.327 e. The molecule has 5 heteroatoms. The van der Waals surface area contributed by atoms with E-state index < -0.39 is 5.54 Å². The summed E-state index contributed by atoms with van der Waals surface area (Å²) in [7, 11) is 3.62. The van der Waals surface area contributed by atoms with Crippen molar-refractivity contribution in [2.75, 3.05) is 40.3 Å². The first-order chi connectivity index (χ1) is 9.98. The first kappa shape index (κ1) is 16.7. The molecule has 1 atom stereocenters. The highest BCUT2D eigenvalue weighted by atomic mass is 16.5. The fourth-order valence-electron chi connectivity index (χ4n) is 3.38. The number of likely N-dealkylation sites (N-methyl/N-ethyl adjacent to an activating group) is 1. The van der Waals surface area contributed by atoms with E-state index in [-0.39, 0.29) is 5.97 Å². The summed E-state index contributed by atoms with van der Waals surface area (Å²) in [5.41, 5.74) is -0.591. The van der Waals surface area contributed by atoms with E-state index in [0.717, 1.165) is 19.6 Å². The Morgan fingerprint density at radius 2 is 1.95 bits per heavy atom. The van der Waals surface area contributed by atoms with Crippen LogP contribution in [-0.4, -0.2) is 73.7 Å². The number of methoxy groups -OCH3 is 1. The average molecular weight is 297 g/mol. The van der Waals surface area contributed by atoms with Gasteiger partial charge in [0.25, 0.3) is 0 Å². The minimum absolute atomic E-state index is 0.146. The molecule has 5 nitrogen and oxygen atoms in total. The maximum atomic E-state index is 12.2. The number of ether oxygens (including phenoxy) is 1. The minimum atomic E-state index is -0.591. The molecule has 21 heavy (non-hydrogen) atoms. The van der Waals surface area contributed by atoms with Crippen LogP contribution >= 0.6 is 0 Å². The highest BCUT2D eigenvalue weighted by molar-refractivity contribution is 5.80. The third kappa shape index (κ3) is 4.41. The van der Waals surface area contributed by atoms with Crippen molar-refractivity contribution in [2.45, 2.75) is 57.2 Å². The zero-order valence-electron chi connectivity index (χ0n) is 14.0. The average Bonchev–Trinajstić information content (AvgIpc) is 3.29. The number of nitrogens with one attached hydrogen (secondary N) is 1. The lowest BCUT2D eigenvalue weighted by atomic mass is 9.97. The van der Waals surface area contributed by atoms with Crippen LogP contribution in [0, 0.1) is 0 Å². The largest absolute Gasteiger partial charge is 0.468 e. The molecule has 1 aliphatic heterocycles. The molecule has 1 saturated heterocycles. The number of esters is 1. The molecule has 2 aliphatic rings. The Labute approximate surface area is 129 Å². The van der Waals surface area contributed by atoms with Gasteiger partial charge in [0.05, 0.1) is 7.11 Å². The number of piperidine rings is 1. The second kappa shape index (κ2) is 7.07. The number of nitrogens with zero attached hydrogens (tertiary/aromatic N) is 2. The van der Waals surface area contributed by atoms with Crippen LogP contribution in [0.1, 0.15) is 39.5 Å². The lowest BCUT2D eigenvalue weighted by Crippen LogP contribution is -2.59. The zero-order valence-corrected chi connectivity index (χ0v) is 14.0. The highest BCUT2D eigenvalue weighted by Gasteiger charge is 2.41. The van der Waals surface area contributed by atoms with Crippen molar-refractivity contribution in [1.29, 1.82) is 0 Å². The van der Waals surface area contributed by atoms with Crippen molar-refractivity contribution < 1.29 is 9.53 Å². The van der Waals surface area contributed by atoms with Gasteiger partial charge in [-0.2, -0.15) is 0 Å². The molecule has 0 spiro atoms. The van der Waals surface area contributed by atoms with Gasteiger partial charge in [-0.05, 0) is 59.3 Å². The topological polar surface area (TPSA) is 44.8 Å². The van der Waals surface area contributed by atoms with Gasteiger partial charge in [-0.3, -0.25) is 10.1 Å². The predicted molar refractivity (Wildman–Crippen MR) is 84.3 cm³/mol. The van der Waals surface area contributed by atoms with Crippen molar-refractivity contribution >= 4 is 5.97 Å². The van der Waals surface area contributed by atoms with Crippen molar-refractivity contribution in [3.05, 3.63) is 0 Å². The van der Waals surface area contributed by atoms with Gasteiger partial charge in [0.2, 0.25) is 0 Å². The molecule has 1 aliphatic carbocycles. The van der Waals surface area contributed by atoms with E-state index in [4.69, 9.17) is 4.74 Å². The second-order valence-electron chi connectivity index (χ2n) is 6.82. The molecule has 0 bridgehead atoms. The van der Waals surface area contributed by atoms with E-state index in [1.54, 1.807) is 0 Å². The first-order valence-electron chi connectivity index (χ1n) is 8.27. The molecular weight excluding hydrogens is 266 g/mol. The van der Waals surface area contributed by atoms with Gasteiger partial charge in [-0.1, -0.05) is 6.92 Å². The van der Waals surface area contributed by atoms with Gasteiger partial charge in [-0.25, -0.2) is 0 Å². The molecule has 1 unspecified atom stereocenters. The molecule has 0 aromatic carbocycles. The van der Waals surface area contributed by atoms with Gasteiger partial charge >= 0.3 is 5.97 Å². The molecule has 122 valence electrons. The molecular formula is C16H31N3O2. The fourth-order valence-corrected chi connectivity index (χ4v) is 3.38. The summed E-state index contributed by atoms with van der Waals surface area (Å²) >= 11 is 0. The Morgan fingerprint density at radius 3 is 2.43 bits per heavy atom. The molecule has 0 radical (unpaired) electrons. The summed E-state index contributed by atoms with van der Waals surface area (Å²) in [6, 6.07) is 1.06. The second-order valence-corrected chi connectivity index (χ2v) is 6.82. The lowest BCUT2D eigenvalue weighted by Gasteiger charge is -2.40. The molecule has 2 fully saturated rings. The Bertz CT molecular complexity index is 351. The molecule has 1 saturated carbocycles. The Hall–Kier alpha value is -0.650. The van der Waals surface area contributed by atoms with Gasteiger partial charge in [0.15, 0.2) is 0 Å². The monoisotopic (exact) mass is 297 g/mol. The summed E-state index contributed by atoms with van der Waals surface area (Å²) in [6.07, 6.45) is 4.71. The van der Waals surface area contributed by atoms with Gasteiger partial charge < -0.3 is 14.5 Å². The maximum absolute atomic E-state index is 12.2. The van der Waals surface area contributed by atoms with Crippen LogP contribution < -0.4 is 5.32 Å². The number of carbonyl (C=O) groups is 1. The van der Waals surface area contributed by atoms with Crippen molar-refractivity contribution in [2.24, 2.45) is 0 Å². The molecule has 0 aromatic heterocycles. The summed E-state index contributed by atoms with van der Waals surface area (Å²) in [6.45, 7) is 8.38. The molecule has 0 aromatic rings. The maximum Gasteiger partial charge on any atom is 0.327 e. The first-order valence-corrected chi connectivity index (χ1v) is 8.27. The molecule has 0 amide bonds. The normalized spacial score (nSPS) is 24.0. The van der Waals surface area contributed by atoms with E-state index in [9.17, 15) is 4.79 Å². The summed E-state index contributed by atoms with van der Waals surface area (Å²) in [5, 5.41) is 3.48. The van der Waals surface area contributed by atoms with E-state index in [0.29, 0.717) is 18.6 Å². The van der Waals surface area contributed by atoms with E-state index in [2.05, 4.69) is 29.1 Å². The quantitative estimate of drug-likeness (QED) is 0.713. The third-order valence-corrected chi connectivity index (χ3v) is 4.93. The summed E-state index contributed by atoms with van der Waals surface area (Å²) < 4.78 is 5.03. The van der Waals surface area contributed by atoms with Gasteiger partial charge in [0.1, 0.15) is 5.54 Å². The molecule has 1 N–H and O–H groups in total. The highest BCUT2D eigenvalue weighted by Crippen LogP contribution is 2.25. The molecule has 1 heterocycles. The van der Waals surface area contributed by atoms with Crippen LogP contribution in [0.2, 0.25) is 0 Å². The van der Waals surface area contributed by atoms with Crippen LogP contribution in [0.15, 0.2) is 0 Å². The number of carbonyl (C=O) groups excluding carboxylic acids is 1. The van der Waals surface area contributed by atoms with Crippen molar-refractivity contribution in [3.63, 3.8) is 0 Å². The SMILES string of the molecule is CCN1CCC(N(C)CC(C)(NC2CC2)C(=O)OC)CC1. The van der Waals surface area contributed by atoms with E-state index in [1.807, 2.05) is 6.92 Å². The van der Waals surface area contributed by atoms with E-state index >= 15 is 0 Å². The standard InChI is InChI=1S/C16H31N3O2/c1-5-19-10-8-14(9-11-19)18(3)12-16(2,15(20)21-4)17-13-6-7-13/h13-14,17H,5-12H2,1-4H3. The van der Waals surface area contributed by atoms with E-state index in [1.165, 1.54) is 32.8 Å². The number of hydrogen-bond acceptors (Lipinski definition) is 5. The van der Waals surface area contributed by atoms with Crippen molar-refractivity contribution in [3.8, 4) is 0 Å². The summed E-state index contributed by atoms with van der Waals surface area (Å²) in [5.74, 6) is -0.146. The van der Waals surface area contributed by atoms with Crippen LogP contribution in [0.5, 0.6) is 0 Å². The fraction of sp³-hybridized carbons (Fsp3) is 0.938. The Balaban J connectivity index is 1.91. The number of hydrogen-bond donors (Lipinski definition) is 1. The van der Waals surface area contributed by atoms with Crippen LogP contribution in [0.25, 0.3) is 0 Å².